The van der Waals surface area contributed by atoms with Crippen molar-refractivity contribution in [3.05, 3.63) is 16.0 Å². The van der Waals surface area contributed by atoms with Crippen LogP contribution in [-0.2, 0) is 19.3 Å². The summed E-state index contributed by atoms with van der Waals surface area (Å²) in [4.78, 5) is 5.34. The molecule has 0 unspecified atom stereocenters. The van der Waals surface area contributed by atoms with Gasteiger partial charge in [-0.1, -0.05) is 0 Å². The van der Waals surface area contributed by atoms with Crippen LogP contribution in [0.5, 0.6) is 0 Å². The van der Waals surface area contributed by atoms with E-state index in [9.17, 15) is 0 Å². The molecule has 0 amide bonds. The number of nitrogens with zero attached hydrogens (tertiary/aromatic N) is 1. The number of fused-ring (bicyclic) bond motifs is 3. The van der Waals surface area contributed by atoms with Gasteiger partial charge in [-0.05, 0) is 24.8 Å². The number of anilines is 1. The summed E-state index contributed by atoms with van der Waals surface area (Å²) in [5, 5.41) is 4.18. The zero-order valence-corrected chi connectivity index (χ0v) is 7.37. The van der Waals surface area contributed by atoms with Crippen LogP contribution < -0.4 is 5.32 Å². The lowest BCUT2D eigenvalue weighted by molar-refractivity contribution is 0.903. The van der Waals surface area contributed by atoms with E-state index in [1.165, 1.54) is 4.88 Å². The second-order valence-corrected chi connectivity index (χ2v) is 4.10. The Kier molecular flexibility index (Phi) is 0.974. The maximum atomic E-state index is 7.92. The fraction of sp³-hybridized carbons (Fsp3) is 0.444. The van der Waals surface area contributed by atoms with Crippen molar-refractivity contribution in [2.24, 2.45) is 4.99 Å². The number of hydrogen-bond acceptors (Lipinski definition) is 3. The molecular formula is C9H10N2S. The van der Waals surface area contributed by atoms with E-state index in [2.05, 4.69) is 10.3 Å². The molecule has 1 N–H and O–H groups in total. The number of aryl methyl sites for hydroxylation is 1. The first-order chi connectivity index (χ1) is 6.68. The molecule has 0 fully saturated rings. The lowest BCUT2D eigenvalue weighted by Crippen LogP contribution is -2.02. The van der Waals surface area contributed by atoms with Crippen LogP contribution in [0.2, 0.25) is 0 Å². The van der Waals surface area contributed by atoms with Crippen molar-refractivity contribution in [3.8, 4) is 0 Å². The molecule has 2 aliphatic rings. The summed E-state index contributed by atoms with van der Waals surface area (Å²) in [6.45, 7) is 0.633. The third kappa shape index (κ3) is 0.771. The molecule has 2 heterocycles. The number of nitrogens with one attached hydrogen (secondary N) is 1. The average molecular weight is 180 g/mol. The van der Waals surface area contributed by atoms with E-state index in [4.69, 9.17) is 2.74 Å². The Morgan fingerprint density at radius 3 is 3.58 bits per heavy atom. The molecule has 0 bridgehead atoms. The van der Waals surface area contributed by atoms with Gasteiger partial charge >= 0.3 is 0 Å². The minimum Gasteiger partial charge on any atom is -0.338 e. The minimum atomic E-state index is -1.13. The molecule has 1 aliphatic carbocycles. The van der Waals surface area contributed by atoms with Crippen LogP contribution in [0.25, 0.3) is 0 Å². The summed E-state index contributed by atoms with van der Waals surface area (Å²) in [5.74, 6) is 0. The van der Waals surface area contributed by atoms with Crippen LogP contribution in [0.1, 0.15) is 25.2 Å². The summed E-state index contributed by atoms with van der Waals surface area (Å²) < 4.78 is 15.8. The van der Waals surface area contributed by atoms with Gasteiger partial charge in [-0.2, -0.15) is 0 Å². The quantitative estimate of drug-likeness (QED) is 0.650. The first-order valence-electron chi connectivity index (χ1n) is 5.08. The molecule has 1 aromatic rings. The maximum Gasteiger partial charge on any atom is 0.0990 e. The molecule has 0 aromatic carbocycles. The zero-order chi connectivity index (χ0) is 9.76. The van der Waals surface area contributed by atoms with E-state index in [0.29, 0.717) is 13.0 Å². The standard InChI is InChI=1S/C9H10N2S/c1-2-6-7-4-10-5-11-9(7)12-8(6)3-1/h5H,1-4H2,(H,10,11)/i2D2. The van der Waals surface area contributed by atoms with Gasteiger partial charge in [-0.15, -0.1) is 11.3 Å². The zero-order valence-electron chi connectivity index (χ0n) is 8.55. The van der Waals surface area contributed by atoms with Gasteiger partial charge in [0, 0.05) is 13.2 Å². The van der Waals surface area contributed by atoms with Crippen LogP contribution in [0, 0.1) is 0 Å². The van der Waals surface area contributed by atoms with E-state index in [0.717, 1.165) is 22.5 Å². The fourth-order valence-electron chi connectivity index (χ4n) is 1.71. The third-order valence-electron chi connectivity index (χ3n) is 2.27. The molecule has 0 saturated heterocycles. The van der Waals surface area contributed by atoms with Gasteiger partial charge in [0.15, 0.2) is 0 Å². The summed E-state index contributed by atoms with van der Waals surface area (Å²) in [7, 11) is 0. The van der Waals surface area contributed by atoms with Crippen molar-refractivity contribution in [1.29, 1.82) is 0 Å². The first-order valence-corrected chi connectivity index (χ1v) is 4.90. The molecule has 1 aliphatic heterocycles. The van der Waals surface area contributed by atoms with E-state index in [1.807, 2.05) is 0 Å². The lowest BCUT2D eigenvalue weighted by atomic mass is 10.1. The van der Waals surface area contributed by atoms with Crippen molar-refractivity contribution < 1.29 is 2.74 Å². The maximum absolute atomic E-state index is 7.92. The Morgan fingerprint density at radius 1 is 1.58 bits per heavy atom. The normalized spacial score (nSPS) is 25.3. The Bertz CT molecular complexity index is 423. The second-order valence-electron chi connectivity index (χ2n) is 3.00. The van der Waals surface area contributed by atoms with Gasteiger partial charge in [-0.25, -0.2) is 0 Å². The Morgan fingerprint density at radius 2 is 2.58 bits per heavy atom. The third-order valence-corrected chi connectivity index (χ3v) is 3.49. The number of rotatable bonds is 0. The van der Waals surface area contributed by atoms with Gasteiger partial charge in [0.2, 0.25) is 0 Å². The topological polar surface area (TPSA) is 24.4 Å². The van der Waals surface area contributed by atoms with Crippen molar-refractivity contribution in [1.82, 2.24) is 0 Å². The number of aliphatic imine (C=N–C) groups is 1. The van der Waals surface area contributed by atoms with Gasteiger partial charge in [0.1, 0.15) is 0 Å². The van der Waals surface area contributed by atoms with E-state index in [1.54, 1.807) is 17.7 Å². The van der Waals surface area contributed by atoms with Crippen molar-refractivity contribution in [2.75, 3.05) is 5.32 Å². The molecule has 12 heavy (non-hydrogen) atoms. The molecule has 3 rings (SSSR count). The van der Waals surface area contributed by atoms with Crippen LogP contribution in [0.4, 0.5) is 5.00 Å². The number of hydrogen-bond donors (Lipinski definition) is 1. The second kappa shape index (κ2) is 2.33. The van der Waals surface area contributed by atoms with Gasteiger partial charge in [0.05, 0.1) is 17.9 Å². The molecule has 3 heteroatoms. The molecule has 0 atom stereocenters. The highest BCUT2D eigenvalue weighted by molar-refractivity contribution is 7.16. The molecule has 0 radical (unpaired) electrons. The first kappa shape index (κ1) is 5.02. The predicted molar refractivity (Wildman–Crippen MR) is 52.2 cm³/mol. The summed E-state index contributed by atoms with van der Waals surface area (Å²) >= 11 is 1.68. The number of thiophene rings is 1. The van der Waals surface area contributed by atoms with Crippen molar-refractivity contribution >= 4 is 22.7 Å². The summed E-state index contributed by atoms with van der Waals surface area (Å²) in [5.41, 5.74) is 2.00. The van der Waals surface area contributed by atoms with E-state index >= 15 is 0 Å². The summed E-state index contributed by atoms with van der Waals surface area (Å²) in [6, 6.07) is 0. The van der Waals surface area contributed by atoms with E-state index in [-0.39, 0.29) is 0 Å². The Balaban J connectivity index is 2.20. The lowest BCUT2D eigenvalue weighted by Gasteiger charge is -2.07. The Hall–Kier alpha value is -0.830. The fourth-order valence-corrected chi connectivity index (χ4v) is 2.86. The van der Waals surface area contributed by atoms with Crippen molar-refractivity contribution in [2.45, 2.75) is 25.8 Å². The minimum absolute atomic E-state index is 0.630. The monoisotopic (exact) mass is 180 g/mol. The van der Waals surface area contributed by atoms with Gasteiger partial charge in [0.25, 0.3) is 0 Å². The van der Waals surface area contributed by atoms with Crippen LogP contribution in [0.3, 0.4) is 0 Å². The van der Waals surface area contributed by atoms with Gasteiger partial charge < -0.3 is 5.32 Å². The Labute approximate surface area is 78.1 Å². The van der Waals surface area contributed by atoms with Gasteiger partial charge in [-0.3, -0.25) is 4.99 Å². The molecule has 0 saturated carbocycles. The molecule has 2 nitrogen and oxygen atoms in total. The SMILES string of the molecule is [2H]C1([2H])CCc2sc3c(c21)CN=CN3. The predicted octanol–water partition coefficient (Wildman–Crippen LogP) is 2.19. The highest BCUT2D eigenvalue weighted by atomic mass is 32.1. The molecule has 62 valence electrons. The smallest absolute Gasteiger partial charge is 0.0990 e. The summed E-state index contributed by atoms with van der Waals surface area (Å²) in [6.07, 6.45) is 2.07. The van der Waals surface area contributed by atoms with Crippen molar-refractivity contribution in [3.63, 3.8) is 0 Å². The van der Waals surface area contributed by atoms with Crippen LogP contribution in [-0.4, -0.2) is 6.34 Å². The highest BCUT2D eigenvalue weighted by Crippen LogP contribution is 2.39. The molecular weight excluding hydrogens is 168 g/mol. The van der Waals surface area contributed by atoms with E-state index < -0.39 is 6.37 Å². The highest BCUT2D eigenvalue weighted by Gasteiger charge is 2.22. The average Bonchev–Trinajstić information content (AvgIpc) is 2.65. The van der Waals surface area contributed by atoms with Crippen LogP contribution in [0.15, 0.2) is 4.99 Å². The van der Waals surface area contributed by atoms with Crippen LogP contribution >= 0.6 is 11.3 Å². The molecule has 0 spiro atoms. The molecule has 1 aromatic heterocycles. The largest absolute Gasteiger partial charge is 0.338 e.